The van der Waals surface area contributed by atoms with Crippen molar-refractivity contribution >= 4 is 62.9 Å². The first-order valence-electron chi connectivity index (χ1n) is 14.7. The van der Waals surface area contributed by atoms with Gasteiger partial charge in [0, 0.05) is 67.8 Å². The molecule has 9 heteroatoms. The van der Waals surface area contributed by atoms with Gasteiger partial charge in [0.2, 0.25) is 0 Å². The Balaban J connectivity index is 4.64. The summed E-state index contributed by atoms with van der Waals surface area (Å²) < 4.78 is 12.6. The van der Waals surface area contributed by atoms with Crippen LogP contribution in [0.2, 0.25) is 118 Å². The molecule has 0 N–H and O–H groups in total. The molecule has 0 atom stereocenters. The first-order chi connectivity index (χ1) is 16.6. The van der Waals surface area contributed by atoms with Crippen LogP contribution in [0.3, 0.4) is 0 Å². The highest BCUT2D eigenvalue weighted by molar-refractivity contribution is 6.98. The highest BCUT2D eigenvalue weighted by Gasteiger charge is 2.48. The van der Waals surface area contributed by atoms with Gasteiger partial charge in [0.15, 0.2) is 0 Å². The SMILES string of the molecule is CO[Si](OC)c1c(C([Si](C)(C)C)[Si](C)(C)C)cc(C([Si](C)(C)C)[Si](C)(C)C)cc1C([Si](C)(C)C)[Si](C)(C)C. The second kappa shape index (κ2) is 12.1. The molecule has 0 aliphatic carbocycles. The molecule has 0 saturated carbocycles. The van der Waals surface area contributed by atoms with Crippen LogP contribution in [0, 0.1) is 0 Å². The van der Waals surface area contributed by atoms with Crippen LogP contribution in [0.1, 0.15) is 32.2 Å². The third-order valence-corrected chi connectivity index (χ3v) is 37.6. The largest absolute Gasteiger partial charge is 0.423 e. The Labute approximate surface area is 247 Å². The van der Waals surface area contributed by atoms with Gasteiger partial charge in [0.1, 0.15) is 0 Å². The van der Waals surface area contributed by atoms with E-state index in [0.29, 0.717) is 10.3 Å². The van der Waals surface area contributed by atoms with E-state index in [1.54, 1.807) is 16.7 Å². The molecule has 1 rings (SSSR count). The molecule has 1 aromatic rings. The maximum atomic E-state index is 6.31. The lowest BCUT2D eigenvalue weighted by Gasteiger charge is -2.46. The van der Waals surface area contributed by atoms with Crippen LogP contribution in [0.15, 0.2) is 12.1 Å². The molecule has 38 heavy (non-hydrogen) atoms. The normalized spacial score (nSPS) is 14.9. The highest BCUT2D eigenvalue weighted by atomic mass is 28.4. The van der Waals surface area contributed by atoms with Crippen LogP contribution in [0.5, 0.6) is 0 Å². The van der Waals surface area contributed by atoms with E-state index in [0.717, 1.165) is 5.16 Å². The van der Waals surface area contributed by atoms with Crippen LogP contribution in [0.25, 0.3) is 0 Å². The van der Waals surface area contributed by atoms with E-state index in [-0.39, 0.29) is 0 Å². The van der Waals surface area contributed by atoms with Crippen molar-refractivity contribution in [2.24, 2.45) is 0 Å². The van der Waals surface area contributed by atoms with Crippen LogP contribution < -0.4 is 5.19 Å². The molecule has 1 aromatic carbocycles. The fourth-order valence-electron chi connectivity index (χ4n) is 8.62. The predicted molar refractivity (Wildman–Crippen MR) is 194 cm³/mol. The Hall–Kier alpha value is 0.658. The summed E-state index contributed by atoms with van der Waals surface area (Å²) in [5.74, 6) is 0. The molecule has 2 nitrogen and oxygen atoms in total. The molecular weight excluding hydrogens is 577 g/mol. The molecule has 0 aliphatic rings. The number of rotatable bonds is 12. The Morgan fingerprint density at radius 2 is 0.684 bits per heavy atom. The molecule has 0 heterocycles. The molecule has 0 bridgehead atoms. The maximum absolute atomic E-state index is 6.31. The Morgan fingerprint density at radius 3 is 0.868 bits per heavy atom. The van der Waals surface area contributed by atoms with E-state index < -0.39 is 57.7 Å². The smallest absolute Gasteiger partial charge is 0.393 e. The fraction of sp³-hybridized carbons (Fsp3) is 0.793. The van der Waals surface area contributed by atoms with Crippen molar-refractivity contribution in [2.45, 2.75) is 133 Å². The third kappa shape index (κ3) is 8.83. The summed E-state index contributed by atoms with van der Waals surface area (Å²) in [6.07, 6.45) is 0. The minimum atomic E-state index is -1.59. The van der Waals surface area contributed by atoms with Crippen molar-refractivity contribution in [3.05, 3.63) is 28.8 Å². The highest BCUT2D eigenvalue weighted by Crippen LogP contribution is 2.44. The molecule has 0 fully saturated rings. The fourth-order valence-corrected chi connectivity index (χ4v) is 48.8. The van der Waals surface area contributed by atoms with Gasteiger partial charge in [0.25, 0.3) is 0 Å². The molecule has 0 saturated heterocycles. The van der Waals surface area contributed by atoms with Gasteiger partial charge in [0.05, 0.1) is 0 Å². The number of hydrogen-bond acceptors (Lipinski definition) is 2. The van der Waals surface area contributed by atoms with Crippen LogP contribution in [-0.4, -0.2) is 71.9 Å². The molecule has 0 amide bonds. The second-order valence-electron chi connectivity index (χ2n) is 18.3. The maximum Gasteiger partial charge on any atom is 0.423 e. The van der Waals surface area contributed by atoms with Crippen LogP contribution in [0.4, 0.5) is 0 Å². The summed E-state index contributed by atoms with van der Waals surface area (Å²) in [5.41, 5.74) is 4.97. The van der Waals surface area contributed by atoms with E-state index in [1.807, 2.05) is 14.2 Å². The second-order valence-corrected chi connectivity index (χ2v) is 53.7. The van der Waals surface area contributed by atoms with E-state index in [2.05, 4.69) is 130 Å². The summed E-state index contributed by atoms with van der Waals surface area (Å²) in [4.78, 5) is 0. The zero-order chi connectivity index (χ0) is 30.4. The molecule has 0 spiro atoms. The molecule has 1 radical (unpaired) electrons. The minimum Gasteiger partial charge on any atom is -0.393 e. The molecule has 0 unspecified atom stereocenters. The van der Waals surface area contributed by atoms with E-state index in [9.17, 15) is 0 Å². The van der Waals surface area contributed by atoms with Gasteiger partial charge in [-0.25, -0.2) is 0 Å². The van der Waals surface area contributed by atoms with Crippen LogP contribution >= 0.6 is 0 Å². The van der Waals surface area contributed by atoms with Gasteiger partial charge in [-0.15, -0.1) is 0 Å². The summed E-state index contributed by atoms with van der Waals surface area (Å²) in [5, 5.41) is 3.58. The lowest BCUT2D eigenvalue weighted by Crippen LogP contribution is -2.55. The van der Waals surface area contributed by atoms with Gasteiger partial charge in [-0.3, -0.25) is 0 Å². The van der Waals surface area contributed by atoms with Gasteiger partial charge < -0.3 is 8.85 Å². The summed E-state index contributed by atoms with van der Waals surface area (Å²) in [6.45, 7) is 47.0. The molecule has 221 valence electrons. The first-order valence-corrected chi connectivity index (χ1v) is 37.5. The lowest BCUT2D eigenvalue weighted by molar-refractivity contribution is 0.291. The standard InChI is InChI=1S/C29H65O2Si7/c1-30-32(31-2)26-24(28(35(9,10)11)36(12,13)14)21-23(27(33(3,4)5)34(6,7)8)22-25(26)29(37(15,16)17)38(18,19)20/h21-22,27-29H,1-20H3. The monoisotopic (exact) mass is 641 g/mol. The zero-order valence-corrected chi connectivity index (χ0v) is 36.2. The number of benzene rings is 1. The number of hydrogen-bond donors (Lipinski definition) is 0. The van der Waals surface area contributed by atoms with Gasteiger partial charge >= 0.3 is 9.28 Å². The Kier molecular flexibility index (Phi) is 11.7. The van der Waals surface area contributed by atoms with Crippen molar-refractivity contribution < 1.29 is 8.85 Å². The predicted octanol–water partition coefficient (Wildman–Crippen LogP) is 9.19. The zero-order valence-electron chi connectivity index (χ0n) is 29.2. The van der Waals surface area contributed by atoms with Crippen molar-refractivity contribution in [1.29, 1.82) is 0 Å². The van der Waals surface area contributed by atoms with E-state index in [4.69, 9.17) is 8.85 Å². The molecule has 0 aliphatic heterocycles. The molecule has 0 aromatic heterocycles. The average molecular weight is 642 g/mol. The topological polar surface area (TPSA) is 18.5 Å². The van der Waals surface area contributed by atoms with Crippen LogP contribution in [-0.2, 0) is 8.85 Å². The minimum absolute atomic E-state index is 0.668. The quantitative estimate of drug-likeness (QED) is 0.212. The summed E-state index contributed by atoms with van der Waals surface area (Å²) >= 11 is 0. The lowest BCUT2D eigenvalue weighted by atomic mass is 10.1. The Bertz CT molecular complexity index is 838. The van der Waals surface area contributed by atoms with Gasteiger partial charge in [-0.2, -0.15) is 0 Å². The first kappa shape index (κ1) is 36.7. The van der Waals surface area contributed by atoms with E-state index in [1.165, 1.54) is 5.19 Å². The average Bonchev–Trinajstić information content (AvgIpc) is 2.57. The van der Waals surface area contributed by atoms with Gasteiger partial charge in [-0.1, -0.05) is 130 Å². The van der Waals surface area contributed by atoms with E-state index >= 15 is 0 Å². The van der Waals surface area contributed by atoms with Crippen molar-refractivity contribution in [2.75, 3.05) is 14.2 Å². The van der Waals surface area contributed by atoms with Crippen molar-refractivity contribution in [1.82, 2.24) is 0 Å². The molecular formula is C29H65O2Si7. The summed E-state index contributed by atoms with van der Waals surface area (Å²) in [7, 11) is -6.96. The van der Waals surface area contributed by atoms with Crippen molar-refractivity contribution in [3.8, 4) is 0 Å². The summed E-state index contributed by atoms with van der Waals surface area (Å²) in [6, 6.07) is 5.49. The van der Waals surface area contributed by atoms with Crippen molar-refractivity contribution in [3.63, 3.8) is 0 Å². The third-order valence-electron chi connectivity index (χ3n) is 7.95. The van der Waals surface area contributed by atoms with Gasteiger partial charge in [-0.05, 0) is 32.2 Å². The Morgan fingerprint density at radius 1 is 0.447 bits per heavy atom.